The number of sulfone groups is 1. The van der Waals surface area contributed by atoms with Crippen molar-refractivity contribution in [2.45, 2.75) is 6.42 Å². The monoisotopic (exact) mass is 384 g/mol. The van der Waals surface area contributed by atoms with Gasteiger partial charge < -0.3 is 11.1 Å². The number of halogens is 2. The molecule has 0 radical (unpaired) electrons. The molecule has 1 aromatic carbocycles. The number of hydrogen-bond donors (Lipinski definition) is 2. The van der Waals surface area contributed by atoms with Gasteiger partial charge >= 0.3 is 0 Å². The van der Waals surface area contributed by atoms with Crippen LogP contribution >= 0.6 is 22.6 Å². The summed E-state index contributed by atoms with van der Waals surface area (Å²) in [6, 6.07) is 2.91. The Morgan fingerprint density at radius 1 is 1.50 bits per heavy atom. The Hall–Kier alpha value is -0.570. The molecule has 2 rings (SSSR count). The van der Waals surface area contributed by atoms with Gasteiger partial charge in [0.2, 0.25) is 0 Å². The zero-order valence-electron chi connectivity index (χ0n) is 9.62. The Morgan fingerprint density at radius 2 is 2.22 bits per heavy atom. The molecule has 1 fully saturated rings. The molecule has 0 aromatic heterocycles. The fourth-order valence-corrected chi connectivity index (χ4v) is 4.36. The van der Waals surface area contributed by atoms with E-state index in [0.717, 1.165) is 0 Å². The first-order chi connectivity index (χ1) is 8.37. The Bertz CT molecular complexity index is 562. The normalized spacial score (nSPS) is 22.0. The van der Waals surface area contributed by atoms with Crippen LogP contribution in [0.3, 0.4) is 0 Å². The fraction of sp³-hybridized carbons (Fsp3) is 0.455. The van der Waals surface area contributed by atoms with Crippen LogP contribution in [0.25, 0.3) is 0 Å². The van der Waals surface area contributed by atoms with E-state index in [9.17, 15) is 12.8 Å². The van der Waals surface area contributed by atoms with Crippen molar-refractivity contribution in [3.05, 3.63) is 21.5 Å². The van der Waals surface area contributed by atoms with E-state index in [1.54, 1.807) is 6.07 Å². The summed E-state index contributed by atoms with van der Waals surface area (Å²) in [6.45, 7) is 0.503. The third kappa shape index (κ3) is 3.25. The summed E-state index contributed by atoms with van der Waals surface area (Å²) in [5.74, 6) is 0.200. The quantitative estimate of drug-likeness (QED) is 0.617. The van der Waals surface area contributed by atoms with Crippen molar-refractivity contribution < 1.29 is 12.8 Å². The van der Waals surface area contributed by atoms with Crippen LogP contribution in [0.1, 0.15) is 6.42 Å². The van der Waals surface area contributed by atoms with E-state index < -0.39 is 9.84 Å². The summed E-state index contributed by atoms with van der Waals surface area (Å²) >= 11 is 1.88. The minimum absolute atomic E-state index is 0.0803. The third-order valence-electron chi connectivity index (χ3n) is 3.00. The van der Waals surface area contributed by atoms with Gasteiger partial charge in [-0.05, 0) is 41.0 Å². The molecule has 1 saturated heterocycles. The fourth-order valence-electron chi connectivity index (χ4n) is 2.00. The highest BCUT2D eigenvalue weighted by Gasteiger charge is 2.27. The van der Waals surface area contributed by atoms with Crippen LogP contribution < -0.4 is 11.1 Å². The standard InChI is InChI=1S/C11H14FIN2O2S/c12-8-3-11(10(14)4-9(8)13)15-5-7-1-2-18(16,17)6-7/h3-4,7,15H,1-2,5-6,14H2. The summed E-state index contributed by atoms with van der Waals surface area (Å²) in [5.41, 5.74) is 6.78. The van der Waals surface area contributed by atoms with Gasteiger partial charge in [0.05, 0.1) is 26.5 Å². The molecule has 18 heavy (non-hydrogen) atoms. The van der Waals surface area contributed by atoms with Crippen molar-refractivity contribution in [3.8, 4) is 0 Å². The maximum absolute atomic E-state index is 13.4. The molecule has 1 unspecified atom stereocenters. The van der Waals surface area contributed by atoms with Gasteiger partial charge in [0, 0.05) is 12.6 Å². The second-order valence-corrected chi connectivity index (χ2v) is 7.89. The van der Waals surface area contributed by atoms with Gasteiger partial charge in [-0.25, -0.2) is 12.8 Å². The lowest BCUT2D eigenvalue weighted by molar-refractivity contribution is 0.595. The number of benzene rings is 1. The van der Waals surface area contributed by atoms with E-state index in [-0.39, 0.29) is 23.2 Å². The van der Waals surface area contributed by atoms with Crippen LogP contribution in [-0.4, -0.2) is 26.5 Å². The second-order valence-electron chi connectivity index (χ2n) is 4.50. The average Bonchev–Trinajstić information content (AvgIpc) is 2.62. The van der Waals surface area contributed by atoms with Crippen LogP contribution in [0, 0.1) is 15.3 Å². The van der Waals surface area contributed by atoms with Crippen LogP contribution in [0.15, 0.2) is 12.1 Å². The number of nitrogen functional groups attached to an aromatic ring is 1. The van der Waals surface area contributed by atoms with Crippen molar-refractivity contribution in [3.63, 3.8) is 0 Å². The maximum atomic E-state index is 13.4. The van der Waals surface area contributed by atoms with Gasteiger partial charge in [-0.2, -0.15) is 0 Å². The number of hydrogen-bond acceptors (Lipinski definition) is 4. The Morgan fingerprint density at radius 3 is 2.83 bits per heavy atom. The lowest BCUT2D eigenvalue weighted by Gasteiger charge is -2.13. The van der Waals surface area contributed by atoms with E-state index in [1.807, 2.05) is 22.6 Å². The third-order valence-corrected chi connectivity index (χ3v) is 5.66. The molecule has 1 aliphatic rings. The molecule has 1 aromatic rings. The summed E-state index contributed by atoms with van der Waals surface area (Å²) in [6.07, 6.45) is 0.655. The zero-order chi connectivity index (χ0) is 13.3. The number of nitrogens with one attached hydrogen (secondary N) is 1. The largest absolute Gasteiger partial charge is 0.397 e. The number of nitrogens with two attached hydrogens (primary N) is 1. The average molecular weight is 384 g/mol. The number of rotatable bonds is 3. The smallest absolute Gasteiger partial charge is 0.150 e. The molecule has 0 spiro atoms. The Balaban J connectivity index is 2.01. The first-order valence-corrected chi connectivity index (χ1v) is 8.46. The predicted octanol–water partition coefficient (Wildman–Crippen LogP) is 1.86. The predicted molar refractivity (Wildman–Crippen MR) is 78.8 cm³/mol. The minimum atomic E-state index is -2.87. The molecular formula is C11H14FIN2O2S. The van der Waals surface area contributed by atoms with Crippen molar-refractivity contribution in [1.29, 1.82) is 0 Å². The lowest BCUT2D eigenvalue weighted by Crippen LogP contribution is -2.16. The highest BCUT2D eigenvalue weighted by atomic mass is 127. The molecule has 1 heterocycles. The first-order valence-electron chi connectivity index (χ1n) is 5.56. The summed E-state index contributed by atoms with van der Waals surface area (Å²) in [4.78, 5) is 0. The lowest BCUT2D eigenvalue weighted by atomic mass is 10.1. The zero-order valence-corrected chi connectivity index (χ0v) is 12.6. The van der Waals surface area contributed by atoms with Crippen LogP contribution in [-0.2, 0) is 9.84 Å². The number of anilines is 2. The van der Waals surface area contributed by atoms with Gasteiger partial charge in [-0.15, -0.1) is 0 Å². The summed E-state index contributed by atoms with van der Waals surface area (Å²) in [7, 11) is -2.87. The van der Waals surface area contributed by atoms with Gasteiger partial charge in [0.15, 0.2) is 9.84 Å². The van der Waals surface area contributed by atoms with E-state index >= 15 is 0 Å². The minimum Gasteiger partial charge on any atom is -0.397 e. The van der Waals surface area contributed by atoms with Crippen LogP contribution in [0.5, 0.6) is 0 Å². The van der Waals surface area contributed by atoms with Gasteiger partial charge in [-0.3, -0.25) is 0 Å². The first kappa shape index (κ1) is 13.9. The molecule has 100 valence electrons. The van der Waals surface area contributed by atoms with Crippen molar-refractivity contribution >= 4 is 43.8 Å². The van der Waals surface area contributed by atoms with Crippen molar-refractivity contribution in [2.24, 2.45) is 5.92 Å². The van der Waals surface area contributed by atoms with Gasteiger partial charge in [0.1, 0.15) is 5.82 Å². The Labute approximate surface area is 119 Å². The van der Waals surface area contributed by atoms with E-state index in [4.69, 9.17) is 5.73 Å². The summed E-state index contributed by atoms with van der Waals surface area (Å²) in [5, 5.41) is 3.03. The van der Waals surface area contributed by atoms with Gasteiger partial charge in [-0.1, -0.05) is 0 Å². The van der Waals surface area contributed by atoms with Crippen molar-refractivity contribution in [1.82, 2.24) is 0 Å². The molecule has 3 N–H and O–H groups in total. The second kappa shape index (κ2) is 5.20. The molecule has 1 atom stereocenters. The van der Waals surface area contributed by atoms with Crippen molar-refractivity contribution in [2.75, 3.05) is 29.1 Å². The molecule has 1 aliphatic heterocycles. The SMILES string of the molecule is Nc1cc(I)c(F)cc1NCC1CCS(=O)(=O)C1. The molecule has 7 heteroatoms. The van der Waals surface area contributed by atoms with Crippen LogP contribution in [0.2, 0.25) is 0 Å². The topological polar surface area (TPSA) is 72.2 Å². The highest BCUT2D eigenvalue weighted by Crippen LogP contribution is 2.25. The molecular weight excluding hydrogens is 370 g/mol. The van der Waals surface area contributed by atoms with E-state index in [2.05, 4.69) is 5.32 Å². The van der Waals surface area contributed by atoms with E-state index in [0.29, 0.717) is 27.9 Å². The molecule has 0 bridgehead atoms. The Kier molecular flexibility index (Phi) is 4.00. The molecule has 0 aliphatic carbocycles. The van der Waals surface area contributed by atoms with E-state index in [1.165, 1.54) is 6.07 Å². The molecule has 0 saturated carbocycles. The van der Waals surface area contributed by atoms with Crippen LogP contribution in [0.4, 0.5) is 15.8 Å². The molecule has 0 amide bonds. The summed E-state index contributed by atoms with van der Waals surface area (Å²) < 4.78 is 36.5. The highest BCUT2D eigenvalue weighted by molar-refractivity contribution is 14.1. The molecule has 4 nitrogen and oxygen atoms in total. The maximum Gasteiger partial charge on any atom is 0.150 e. The van der Waals surface area contributed by atoms with Gasteiger partial charge in [0.25, 0.3) is 0 Å².